The van der Waals surface area contributed by atoms with E-state index in [1.54, 1.807) is 25.1 Å². The molecule has 17 heavy (non-hydrogen) atoms. The molecule has 0 unspecified atom stereocenters. The highest BCUT2D eigenvalue weighted by atomic mass is 16.4. The molecule has 0 spiro atoms. The third-order valence-electron chi connectivity index (χ3n) is 2.48. The summed E-state index contributed by atoms with van der Waals surface area (Å²) in [5.41, 5.74) is 0.590. The molecule has 0 fully saturated rings. The molecule has 0 bridgehead atoms. The Hall–Kier alpha value is -2.43. The average Bonchev–Trinajstić information content (AvgIpc) is 2.27. The van der Waals surface area contributed by atoms with E-state index in [0.29, 0.717) is 10.9 Å². The van der Waals surface area contributed by atoms with E-state index < -0.39 is 17.6 Å². The molecule has 0 atom stereocenters. The van der Waals surface area contributed by atoms with Gasteiger partial charge in [0.25, 0.3) is 0 Å². The maximum absolute atomic E-state index is 11.0. The van der Waals surface area contributed by atoms with Gasteiger partial charge in [-0.2, -0.15) is 0 Å². The van der Waals surface area contributed by atoms with E-state index in [9.17, 15) is 9.59 Å². The van der Waals surface area contributed by atoms with Crippen LogP contribution in [0.25, 0.3) is 10.9 Å². The zero-order chi connectivity index (χ0) is 12.6. The molecule has 1 aromatic carbocycles. The van der Waals surface area contributed by atoms with Crippen LogP contribution in [0.2, 0.25) is 0 Å². The molecule has 0 saturated heterocycles. The van der Waals surface area contributed by atoms with E-state index >= 15 is 0 Å². The van der Waals surface area contributed by atoms with Crippen molar-refractivity contribution < 1.29 is 19.8 Å². The molecule has 0 radical (unpaired) electrons. The molecule has 0 saturated carbocycles. The van der Waals surface area contributed by atoms with Crippen molar-refractivity contribution in [1.29, 1.82) is 0 Å². The van der Waals surface area contributed by atoms with Gasteiger partial charge in [0, 0.05) is 5.39 Å². The third kappa shape index (κ3) is 1.82. The SMILES string of the molecule is Cc1cccc2cc(C(=O)O)c(C(=O)O)nc12. The number of benzene rings is 1. The van der Waals surface area contributed by atoms with Crippen LogP contribution in [0.1, 0.15) is 26.4 Å². The number of carbonyl (C=O) groups is 2. The van der Waals surface area contributed by atoms with Gasteiger partial charge in [0.05, 0.1) is 11.1 Å². The number of aromatic carboxylic acids is 2. The van der Waals surface area contributed by atoms with E-state index in [4.69, 9.17) is 10.2 Å². The summed E-state index contributed by atoms with van der Waals surface area (Å²) in [6.07, 6.45) is 0. The van der Waals surface area contributed by atoms with E-state index in [1.165, 1.54) is 6.07 Å². The topological polar surface area (TPSA) is 87.5 Å². The van der Waals surface area contributed by atoms with Crippen molar-refractivity contribution >= 4 is 22.8 Å². The van der Waals surface area contributed by atoms with Crippen LogP contribution >= 0.6 is 0 Å². The first-order valence-corrected chi connectivity index (χ1v) is 4.87. The van der Waals surface area contributed by atoms with Crippen LogP contribution in [0, 0.1) is 6.92 Å². The Kier molecular flexibility index (Phi) is 2.51. The number of hydrogen-bond donors (Lipinski definition) is 2. The number of hydrogen-bond acceptors (Lipinski definition) is 3. The van der Waals surface area contributed by atoms with Gasteiger partial charge in [0.2, 0.25) is 0 Å². The zero-order valence-corrected chi connectivity index (χ0v) is 8.97. The van der Waals surface area contributed by atoms with Crippen LogP contribution in [-0.2, 0) is 0 Å². The van der Waals surface area contributed by atoms with Crippen LogP contribution in [0.15, 0.2) is 24.3 Å². The van der Waals surface area contributed by atoms with E-state index in [0.717, 1.165) is 5.56 Å². The highest BCUT2D eigenvalue weighted by Crippen LogP contribution is 2.20. The number of aromatic nitrogens is 1. The minimum Gasteiger partial charge on any atom is -0.478 e. The van der Waals surface area contributed by atoms with Crippen LogP contribution in [0.4, 0.5) is 0 Å². The van der Waals surface area contributed by atoms with Gasteiger partial charge in [0.1, 0.15) is 0 Å². The van der Waals surface area contributed by atoms with Gasteiger partial charge < -0.3 is 10.2 Å². The summed E-state index contributed by atoms with van der Waals surface area (Å²) in [5.74, 6) is -2.63. The fraction of sp³-hybridized carbons (Fsp3) is 0.0833. The van der Waals surface area contributed by atoms with Crippen LogP contribution in [-0.4, -0.2) is 27.1 Å². The standard InChI is InChI=1S/C12H9NO4/c1-6-3-2-4-7-5-8(11(14)15)10(12(16)17)13-9(6)7/h2-5H,1H3,(H,14,15)(H,16,17). The lowest BCUT2D eigenvalue weighted by Gasteiger charge is -2.05. The molecule has 86 valence electrons. The number of aryl methyl sites for hydroxylation is 1. The van der Waals surface area contributed by atoms with Crippen molar-refractivity contribution in [1.82, 2.24) is 4.98 Å². The van der Waals surface area contributed by atoms with Gasteiger partial charge in [-0.05, 0) is 18.6 Å². The number of carboxylic acids is 2. The van der Waals surface area contributed by atoms with Gasteiger partial charge in [-0.3, -0.25) is 0 Å². The summed E-state index contributed by atoms with van der Waals surface area (Å²) >= 11 is 0. The lowest BCUT2D eigenvalue weighted by Crippen LogP contribution is -2.11. The number of pyridine rings is 1. The summed E-state index contributed by atoms with van der Waals surface area (Å²) in [5, 5.41) is 18.5. The number of rotatable bonds is 2. The molecule has 5 heteroatoms. The first kappa shape index (κ1) is 11.1. The number of carboxylic acid groups (broad SMARTS) is 2. The molecule has 2 aromatic rings. The summed E-state index contributed by atoms with van der Waals surface area (Å²) in [7, 11) is 0. The second-order valence-electron chi connectivity index (χ2n) is 3.64. The largest absolute Gasteiger partial charge is 0.478 e. The van der Waals surface area contributed by atoms with Crippen molar-refractivity contribution in [2.24, 2.45) is 0 Å². The molecule has 0 aliphatic rings. The van der Waals surface area contributed by atoms with Gasteiger partial charge in [-0.25, -0.2) is 14.6 Å². The van der Waals surface area contributed by atoms with Gasteiger partial charge >= 0.3 is 11.9 Å². The predicted octanol–water partition coefficient (Wildman–Crippen LogP) is 1.94. The van der Waals surface area contributed by atoms with Crippen LogP contribution < -0.4 is 0 Å². The Morgan fingerprint density at radius 3 is 2.47 bits per heavy atom. The summed E-state index contributed by atoms with van der Waals surface area (Å²) in [6, 6.07) is 6.60. The fourth-order valence-electron chi connectivity index (χ4n) is 1.67. The molecule has 2 N–H and O–H groups in total. The van der Waals surface area contributed by atoms with Gasteiger partial charge in [0.15, 0.2) is 5.69 Å². The van der Waals surface area contributed by atoms with E-state index in [1.807, 2.05) is 0 Å². The Balaban J connectivity index is 2.87. The Morgan fingerprint density at radius 2 is 1.88 bits per heavy atom. The highest BCUT2D eigenvalue weighted by molar-refractivity contribution is 6.03. The maximum atomic E-state index is 11.0. The highest BCUT2D eigenvalue weighted by Gasteiger charge is 2.19. The van der Waals surface area contributed by atoms with Crippen molar-refractivity contribution in [3.05, 3.63) is 41.1 Å². The van der Waals surface area contributed by atoms with Crippen molar-refractivity contribution in [3.8, 4) is 0 Å². The molecule has 0 amide bonds. The normalized spacial score (nSPS) is 10.4. The molecular weight excluding hydrogens is 222 g/mol. The minimum absolute atomic E-state index is 0.296. The quantitative estimate of drug-likeness (QED) is 0.824. The molecule has 1 heterocycles. The summed E-state index contributed by atoms with van der Waals surface area (Å²) < 4.78 is 0. The summed E-state index contributed by atoms with van der Waals surface area (Å²) in [6.45, 7) is 1.79. The number of fused-ring (bicyclic) bond motifs is 1. The Labute approximate surface area is 96.3 Å². The molecule has 1 aromatic heterocycles. The first-order valence-electron chi connectivity index (χ1n) is 4.87. The van der Waals surface area contributed by atoms with Crippen LogP contribution in [0.5, 0.6) is 0 Å². The smallest absolute Gasteiger partial charge is 0.355 e. The fourth-order valence-corrected chi connectivity index (χ4v) is 1.67. The number of para-hydroxylation sites is 1. The van der Waals surface area contributed by atoms with Crippen molar-refractivity contribution in [2.75, 3.05) is 0 Å². The average molecular weight is 231 g/mol. The maximum Gasteiger partial charge on any atom is 0.355 e. The third-order valence-corrected chi connectivity index (χ3v) is 2.48. The second kappa shape index (κ2) is 3.86. The summed E-state index contributed by atoms with van der Waals surface area (Å²) in [4.78, 5) is 25.8. The van der Waals surface area contributed by atoms with Crippen LogP contribution in [0.3, 0.4) is 0 Å². The van der Waals surface area contributed by atoms with E-state index in [-0.39, 0.29) is 5.56 Å². The van der Waals surface area contributed by atoms with Crippen molar-refractivity contribution in [2.45, 2.75) is 6.92 Å². The monoisotopic (exact) mass is 231 g/mol. The zero-order valence-electron chi connectivity index (χ0n) is 8.97. The molecule has 2 rings (SSSR count). The molecular formula is C12H9NO4. The predicted molar refractivity (Wildman–Crippen MR) is 60.4 cm³/mol. The van der Waals surface area contributed by atoms with Gasteiger partial charge in [-0.1, -0.05) is 18.2 Å². The van der Waals surface area contributed by atoms with Crippen molar-refractivity contribution in [3.63, 3.8) is 0 Å². The minimum atomic E-state index is -1.34. The Morgan fingerprint density at radius 1 is 1.18 bits per heavy atom. The first-order chi connectivity index (χ1) is 8.00. The molecule has 0 aliphatic heterocycles. The molecule has 5 nitrogen and oxygen atoms in total. The molecule has 0 aliphatic carbocycles. The van der Waals surface area contributed by atoms with Gasteiger partial charge in [-0.15, -0.1) is 0 Å². The lowest BCUT2D eigenvalue weighted by molar-refractivity contribution is 0.0647. The Bertz CT molecular complexity index is 634. The van der Waals surface area contributed by atoms with E-state index in [2.05, 4.69) is 4.98 Å². The lowest BCUT2D eigenvalue weighted by atomic mass is 10.1. The number of nitrogens with zero attached hydrogens (tertiary/aromatic N) is 1. The second-order valence-corrected chi connectivity index (χ2v) is 3.64.